The number of aryl methyl sites for hydroxylation is 2. The summed E-state index contributed by atoms with van der Waals surface area (Å²) in [4.78, 5) is 26.2. The number of nitrogens with zero attached hydrogens (tertiary/aromatic N) is 5. The van der Waals surface area contributed by atoms with E-state index in [1.807, 2.05) is 0 Å². The summed E-state index contributed by atoms with van der Waals surface area (Å²) in [5.41, 5.74) is 2.93. The van der Waals surface area contributed by atoms with Gasteiger partial charge in [-0.15, -0.1) is 5.10 Å². The maximum atomic E-state index is 13.4. The molecule has 1 atom stereocenters. The number of carbonyl (C=O) groups is 2. The maximum Gasteiger partial charge on any atom is 0.408 e. The van der Waals surface area contributed by atoms with Crippen LogP contribution in [0.5, 0.6) is 0 Å². The van der Waals surface area contributed by atoms with Crippen molar-refractivity contribution in [2.75, 3.05) is 5.32 Å². The Kier molecular flexibility index (Phi) is 5.40. The Morgan fingerprint density at radius 2 is 2.13 bits per heavy atom. The summed E-state index contributed by atoms with van der Waals surface area (Å²) in [6.07, 6.45) is 3.49. The molecular formula is C20H20ClFN6O3. The van der Waals surface area contributed by atoms with E-state index >= 15 is 0 Å². The Labute approximate surface area is 182 Å². The lowest BCUT2D eigenvalue weighted by Crippen LogP contribution is -2.32. The molecule has 0 bridgehead atoms. The number of halogens is 2. The molecule has 0 saturated carbocycles. The molecule has 2 N–H and O–H groups in total. The van der Waals surface area contributed by atoms with Crippen molar-refractivity contribution in [1.82, 2.24) is 24.5 Å². The monoisotopic (exact) mass is 446 g/mol. The van der Waals surface area contributed by atoms with E-state index < -0.39 is 18.0 Å². The zero-order valence-corrected chi connectivity index (χ0v) is 17.6. The van der Waals surface area contributed by atoms with Gasteiger partial charge in [0.1, 0.15) is 17.2 Å². The Hall–Kier alpha value is -3.40. The molecule has 1 aliphatic rings. The van der Waals surface area contributed by atoms with Crippen molar-refractivity contribution in [2.45, 2.75) is 25.4 Å². The Bertz CT molecular complexity index is 1170. The molecule has 2 amide bonds. The highest BCUT2D eigenvalue weighted by Gasteiger charge is 2.36. The Morgan fingerprint density at radius 3 is 2.77 bits per heavy atom. The third kappa shape index (κ3) is 3.98. The van der Waals surface area contributed by atoms with Gasteiger partial charge >= 0.3 is 6.09 Å². The van der Waals surface area contributed by atoms with Crippen molar-refractivity contribution >= 4 is 29.3 Å². The number of benzene rings is 1. The van der Waals surface area contributed by atoms with Gasteiger partial charge in [0.2, 0.25) is 0 Å². The lowest BCUT2D eigenvalue weighted by Gasteiger charge is -2.25. The molecule has 1 unspecified atom stereocenters. The van der Waals surface area contributed by atoms with Crippen LogP contribution in [0.15, 0.2) is 30.6 Å². The largest absolute Gasteiger partial charge is 0.465 e. The van der Waals surface area contributed by atoms with Gasteiger partial charge in [0.15, 0.2) is 0 Å². The molecule has 9 nitrogen and oxygen atoms in total. The predicted molar refractivity (Wildman–Crippen MR) is 110 cm³/mol. The molecule has 1 aromatic carbocycles. The number of anilines is 1. The second-order valence-corrected chi connectivity index (χ2v) is 7.86. The highest BCUT2D eigenvalue weighted by molar-refractivity contribution is 6.31. The summed E-state index contributed by atoms with van der Waals surface area (Å²) < 4.78 is 16.6. The molecule has 4 rings (SSSR count). The van der Waals surface area contributed by atoms with Crippen LogP contribution in [0, 0.1) is 5.82 Å². The van der Waals surface area contributed by atoms with Crippen LogP contribution in [0.3, 0.4) is 0 Å². The molecule has 162 valence electrons. The van der Waals surface area contributed by atoms with E-state index in [0.29, 0.717) is 29.9 Å². The first-order chi connectivity index (χ1) is 14.7. The first-order valence-electron chi connectivity index (χ1n) is 9.54. The number of rotatable bonds is 5. The average molecular weight is 447 g/mol. The van der Waals surface area contributed by atoms with Crippen molar-refractivity contribution in [3.63, 3.8) is 0 Å². The molecule has 3 aromatic rings. The first kappa shape index (κ1) is 20.9. The lowest BCUT2D eigenvalue weighted by atomic mass is 10.1. The average Bonchev–Trinajstić information content (AvgIpc) is 3.37. The van der Waals surface area contributed by atoms with Crippen molar-refractivity contribution < 1.29 is 19.1 Å². The van der Waals surface area contributed by atoms with Crippen molar-refractivity contribution in [3.8, 4) is 0 Å². The van der Waals surface area contributed by atoms with Crippen LogP contribution in [0.4, 0.5) is 14.9 Å². The van der Waals surface area contributed by atoms with Gasteiger partial charge in [0, 0.05) is 32.2 Å². The SMILES string of the molecule is Cn1cc(CN(C(=O)O)C2CCc3c2cn(C)c3C(=O)Nc2ccc(F)c(Cl)c2)nn1. The van der Waals surface area contributed by atoms with Gasteiger partial charge in [-0.25, -0.2) is 9.18 Å². The highest BCUT2D eigenvalue weighted by Crippen LogP contribution is 2.39. The van der Waals surface area contributed by atoms with Crippen LogP contribution in [-0.2, 0) is 27.1 Å². The molecule has 11 heteroatoms. The summed E-state index contributed by atoms with van der Waals surface area (Å²) in [6, 6.07) is 3.55. The quantitative estimate of drug-likeness (QED) is 0.625. The zero-order valence-electron chi connectivity index (χ0n) is 16.8. The van der Waals surface area contributed by atoms with E-state index in [9.17, 15) is 19.1 Å². The molecule has 31 heavy (non-hydrogen) atoms. The van der Waals surface area contributed by atoms with Gasteiger partial charge in [-0.2, -0.15) is 0 Å². The first-order valence-corrected chi connectivity index (χ1v) is 9.91. The number of hydrogen-bond donors (Lipinski definition) is 2. The fraction of sp³-hybridized carbons (Fsp3) is 0.300. The van der Waals surface area contributed by atoms with Crippen LogP contribution < -0.4 is 5.32 Å². The number of fused-ring (bicyclic) bond motifs is 1. The van der Waals surface area contributed by atoms with Gasteiger partial charge in [0.25, 0.3) is 5.91 Å². The summed E-state index contributed by atoms with van der Waals surface area (Å²) in [5, 5.41) is 20.3. The smallest absolute Gasteiger partial charge is 0.408 e. The van der Waals surface area contributed by atoms with Gasteiger partial charge in [-0.3, -0.25) is 14.4 Å². The van der Waals surface area contributed by atoms with Gasteiger partial charge < -0.3 is 15.0 Å². The van der Waals surface area contributed by atoms with E-state index in [1.54, 1.807) is 31.1 Å². The minimum atomic E-state index is -1.07. The molecule has 0 spiro atoms. The summed E-state index contributed by atoms with van der Waals surface area (Å²) in [7, 11) is 3.45. The zero-order chi connectivity index (χ0) is 22.3. The van der Waals surface area contributed by atoms with Crippen LogP contribution in [-0.4, -0.2) is 41.6 Å². The van der Waals surface area contributed by atoms with E-state index in [1.165, 1.54) is 27.8 Å². The van der Waals surface area contributed by atoms with E-state index in [-0.39, 0.29) is 17.5 Å². The third-order valence-electron chi connectivity index (χ3n) is 5.34. The lowest BCUT2D eigenvalue weighted by molar-refractivity contribution is 0.101. The van der Waals surface area contributed by atoms with Crippen LogP contribution in [0.25, 0.3) is 0 Å². The van der Waals surface area contributed by atoms with Crippen molar-refractivity contribution in [3.05, 3.63) is 63.9 Å². The van der Waals surface area contributed by atoms with E-state index in [0.717, 1.165) is 11.1 Å². The minimum Gasteiger partial charge on any atom is -0.465 e. The Morgan fingerprint density at radius 1 is 1.35 bits per heavy atom. The second kappa shape index (κ2) is 8.03. The Balaban J connectivity index is 1.60. The second-order valence-electron chi connectivity index (χ2n) is 7.45. The summed E-state index contributed by atoms with van der Waals surface area (Å²) in [5.74, 6) is -0.943. The summed E-state index contributed by atoms with van der Waals surface area (Å²) >= 11 is 5.80. The van der Waals surface area contributed by atoms with Crippen molar-refractivity contribution in [2.24, 2.45) is 14.1 Å². The summed E-state index contributed by atoms with van der Waals surface area (Å²) in [6.45, 7) is 0.0950. The van der Waals surface area contributed by atoms with E-state index in [4.69, 9.17) is 11.6 Å². The highest BCUT2D eigenvalue weighted by atomic mass is 35.5. The van der Waals surface area contributed by atoms with Crippen molar-refractivity contribution in [1.29, 1.82) is 0 Å². The molecule has 2 heterocycles. The fourth-order valence-electron chi connectivity index (χ4n) is 4.03. The molecule has 0 fully saturated rings. The van der Waals surface area contributed by atoms with Crippen LogP contribution in [0.1, 0.15) is 39.8 Å². The topological polar surface area (TPSA) is 105 Å². The van der Waals surface area contributed by atoms with Gasteiger partial charge in [0.05, 0.1) is 17.6 Å². The minimum absolute atomic E-state index is 0.0870. The molecule has 0 aliphatic heterocycles. The molecule has 1 aliphatic carbocycles. The third-order valence-corrected chi connectivity index (χ3v) is 5.63. The maximum absolute atomic E-state index is 13.4. The predicted octanol–water partition coefficient (Wildman–Crippen LogP) is 3.37. The number of carboxylic acid groups (broad SMARTS) is 1. The van der Waals surface area contributed by atoms with Crippen LogP contribution >= 0.6 is 11.6 Å². The number of amides is 2. The fourth-order valence-corrected chi connectivity index (χ4v) is 4.21. The van der Waals surface area contributed by atoms with Gasteiger partial charge in [-0.1, -0.05) is 16.8 Å². The van der Waals surface area contributed by atoms with Crippen LogP contribution in [0.2, 0.25) is 5.02 Å². The number of hydrogen-bond acceptors (Lipinski definition) is 4. The molecule has 0 radical (unpaired) electrons. The number of nitrogens with one attached hydrogen (secondary N) is 1. The van der Waals surface area contributed by atoms with E-state index in [2.05, 4.69) is 15.6 Å². The number of carbonyl (C=O) groups excluding carboxylic acids is 1. The normalized spacial score (nSPS) is 15.0. The standard InChI is InChI=1S/C20H20ClFN6O3/c1-26-10-14-13(18(26)19(29)23-11-3-5-16(22)15(21)7-11)4-6-17(14)28(20(30)31)9-12-8-27(2)25-24-12/h3,5,7-8,10,17H,4,6,9H2,1-2H3,(H,23,29)(H,30,31). The number of aromatic nitrogens is 4. The molecular weight excluding hydrogens is 427 g/mol. The molecule has 2 aromatic heterocycles. The molecule has 0 saturated heterocycles. The van der Waals surface area contributed by atoms with Gasteiger partial charge in [-0.05, 0) is 42.2 Å².